The fourth-order valence-corrected chi connectivity index (χ4v) is 10.5. The fourth-order valence-electron chi connectivity index (χ4n) is 9.98. The van der Waals surface area contributed by atoms with E-state index in [2.05, 4.69) is 35.5 Å². The summed E-state index contributed by atoms with van der Waals surface area (Å²) in [5.41, 5.74) is 0. The Morgan fingerprint density at radius 2 is 0.877 bits per heavy atom. The number of aliphatic hydroxyl groups excluding tert-OH is 4. The third-order valence-corrected chi connectivity index (χ3v) is 15.2. The van der Waals surface area contributed by atoms with Gasteiger partial charge in [0.05, 0.1) is 25.4 Å². The smallest absolute Gasteiger partial charge is 0.394 e. The van der Waals surface area contributed by atoms with Gasteiger partial charge in [-0.25, -0.2) is 4.18 Å². The first-order valence-corrected chi connectivity index (χ1v) is 32.1. The number of nitrogens with one attached hydrogen (secondary N) is 1. The van der Waals surface area contributed by atoms with Crippen molar-refractivity contribution in [2.45, 2.75) is 339 Å². The number of unbranched alkanes of at least 4 members (excludes halogenated alkanes) is 40. The minimum Gasteiger partial charge on any atom is -0.394 e. The first-order chi connectivity index (χ1) is 35.5. The van der Waals surface area contributed by atoms with Gasteiger partial charge in [0.15, 0.2) is 6.29 Å². The molecule has 6 N–H and O–H groups in total. The lowest BCUT2D eigenvalue weighted by Crippen LogP contribution is -2.61. The third-order valence-electron chi connectivity index (χ3n) is 14.7. The number of carbonyl (C=O) groups is 1. The van der Waals surface area contributed by atoms with Gasteiger partial charge in [0.25, 0.3) is 0 Å². The molecule has 432 valence electrons. The molecule has 0 spiro atoms. The fraction of sp³-hybridized carbons (Fsp3) is 0.917. The molecule has 0 bridgehead atoms. The Morgan fingerprint density at radius 1 is 0.534 bits per heavy atom. The largest absolute Gasteiger partial charge is 0.397 e. The predicted octanol–water partition coefficient (Wildman–Crippen LogP) is 14.8. The van der Waals surface area contributed by atoms with Crippen LogP contribution in [0.4, 0.5) is 0 Å². The van der Waals surface area contributed by atoms with E-state index in [4.69, 9.17) is 9.47 Å². The van der Waals surface area contributed by atoms with Gasteiger partial charge < -0.3 is 35.2 Å². The molecule has 1 aliphatic rings. The molecule has 0 aromatic heterocycles. The topological polar surface area (TPSA) is 192 Å². The molecular formula is C60H115NO11S. The standard InChI is InChI=1S/C60H115NO11S/c1-3-5-7-9-11-13-15-17-19-20-21-22-23-24-25-26-27-28-29-30-31-32-33-34-35-36-38-40-42-44-46-48-50-56(64)61-53(52-70-60-58(66)59(72-73(67,68)69)57(65)55(51-62)71-60)54(63)49-47-45-43-41-39-37-18-16-14-12-10-8-6-4-2/h24-25,47,49,53-55,57-60,62-63,65-66H,3-23,26-46,48,50-52H2,1-2H3,(H,61,64)(H,67,68,69)/b25-24-,49-47+. The number of hydrogen-bond acceptors (Lipinski definition) is 10. The summed E-state index contributed by atoms with van der Waals surface area (Å²) < 4.78 is 47.8. The van der Waals surface area contributed by atoms with Crippen molar-refractivity contribution in [3.63, 3.8) is 0 Å². The molecule has 13 heteroatoms. The van der Waals surface area contributed by atoms with E-state index in [-0.39, 0.29) is 18.9 Å². The molecule has 1 amide bonds. The summed E-state index contributed by atoms with van der Waals surface area (Å²) in [4.78, 5) is 13.1. The third kappa shape index (κ3) is 42.3. The zero-order chi connectivity index (χ0) is 53.3. The van der Waals surface area contributed by atoms with Crippen molar-refractivity contribution in [3.05, 3.63) is 24.3 Å². The summed E-state index contributed by atoms with van der Waals surface area (Å²) >= 11 is 0. The molecule has 0 aromatic carbocycles. The lowest BCUT2D eigenvalue weighted by Gasteiger charge is -2.41. The van der Waals surface area contributed by atoms with Crippen LogP contribution in [0.25, 0.3) is 0 Å². The number of hydrogen-bond donors (Lipinski definition) is 6. The van der Waals surface area contributed by atoms with Gasteiger partial charge in [0.2, 0.25) is 5.91 Å². The van der Waals surface area contributed by atoms with Gasteiger partial charge in [0, 0.05) is 6.42 Å². The molecule has 0 aliphatic carbocycles. The summed E-state index contributed by atoms with van der Waals surface area (Å²) in [6.45, 7) is 3.42. The van der Waals surface area contributed by atoms with Crippen molar-refractivity contribution in [2.75, 3.05) is 13.2 Å². The molecule has 12 nitrogen and oxygen atoms in total. The van der Waals surface area contributed by atoms with Crippen LogP contribution in [0.5, 0.6) is 0 Å². The Balaban J connectivity index is 2.23. The minimum atomic E-state index is -5.09. The number of amides is 1. The van der Waals surface area contributed by atoms with Crippen molar-refractivity contribution >= 4 is 16.3 Å². The van der Waals surface area contributed by atoms with Crippen LogP contribution in [0.1, 0.15) is 296 Å². The van der Waals surface area contributed by atoms with Crippen LogP contribution in [0.3, 0.4) is 0 Å². The van der Waals surface area contributed by atoms with Gasteiger partial charge in [-0.1, -0.05) is 269 Å². The van der Waals surface area contributed by atoms with Crippen molar-refractivity contribution in [1.29, 1.82) is 0 Å². The molecule has 7 atom stereocenters. The molecule has 1 saturated heterocycles. The molecule has 1 rings (SSSR count). The zero-order valence-corrected chi connectivity index (χ0v) is 47.8. The average Bonchev–Trinajstić information content (AvgIpc) is 3.37. The number of aliphatic hydroxyl groups is 4. The summed E-state index contributed by atoms with van der Waals surface area (Å²) in [5, 5.41) is 44.9. The highest BCUT2D eigenvalue weighted by Gasteiger charge is 2.48. The molecule has 1 heterocycles. The SMILES string of the molecule is CCCCCCCCCCCCCC/C=C\CCCCCCCCCCCCCCCCCCC(=O)NC(COC1OC(CO)C(O)C(OS(=O)(=O)O)C1O)C(O)/C=C/CCCCCCCCCCCCCC. The van der Waals surface area contributed by atoms with E-state index in [0.29, 0.717) is 6.42 Å². The summed E-state index contributed by atoms with van der Waals surface area (Å²) in [6.07, 6.45) is 53.9. The predicted molar refractivity (Wildman–Crippen MR) is 301 cm³/mol. The number of carbonyl (C=O) groups excluding carboxylic acids is 1. The highest BCUT2D eigenvalue weighted by atomic mass is 32.3. The number of ether oxygens (including phenoxy) is 2. The van der Waals surface area contributed by atoms with E-state index < -0.39 is 59.9 Å². The molecular weight excluding hydrogens is 943 g/mol. The molecule has 73 heavy (non-hydrogen) atoms. The molecule has 7 unspecified atom stereocenters. The second-order valence-electron chi connectivity index (χ2n) is 21.6. The van der Waals surface area contributed by atoms with Crippen LogP contribution in [0.15, 0.2) is 24.3 Å². The van der Waals surface area contributed by atoms with E-state index >= 15 is 0 Å². The lowest BCUT2D eigenvalue weighted by molar-refractivity contribution is -0.298. The molecule has 0 saturated carbocycles. The van der Waals surface area contributed by atoms with Crippen molar-refractivity contribution < 1.29 is 51.8 Å². The maximum atomic E-state index is 13.1. The van der Waals surface area contributed by atoms with Gasteiger partial charge >= 0.3 is 10.4 Å². The van der Waals surface area contributed by atoms with E-state index in [9.17, 15) is 38.2 Å². The quantitative estimate of drug-likeness (QED) is 0.0193. The summed E-state index contributed by atoms with van der Waals surface area (Å²) in [6, 6.07) is -0.942. The summed E-state index contributed by atoms with van der Waals surface area (Å²) in [7, 11) is -5.09. The highest BCUT2D eigenvalue weighted by Crippen LogP contribution is 2.26. The van der Waals surface area contributed by atoms with Gasteiger partial charge in [0.1, 0.15) is 24.4 Å². The summed E-state index contributed by atoms with van der Waals surface area (Å²) in [5.74, 6) is -0.258. The zero-order valence-electron chi connectivity index (χ0n) is 47.0. The van der Waals surface area contributed by atoms with Gasteiger partial charge in [-0.05, 0) is 44.9 Å². The minimum absolute atomic E-state index is 0.258. The van der Waals surface area contributed by atoms with Crippen molar-refractivity contribution in [3.8, 4) is 0 Å². The van der Waals surface area contributed by atoms with Crippen LogP contribution in [-0.2, 0) is 28.9 Å². The van der Waals surface area contributed by atoms with E-state index in [1.54, 1.807) is 6.08 Å². The number of allylic oxidation sites excluding steroid dienone is 3. The van der Waals surface area contributed by atoms with E-state index in [1.807, 2.05) is 6.08 Å². The Morgan fingerprint density at radius 3 is 1.23 bits per heavy atom. The molecule has 1 aliphatic heterocycles. The number of rotatable bonds is 54. The Bertz CT molecular complexity index is 1380. The van der Waals surface area contributed by atoms with Gasteiger partial charge in [-0.3, -0.25) is 9.35 Å². The second kappa shape index (κ2) is 50.1. The Labute approximate surface area is 448 Å². The van der Waals surface area contributed by atoms with E-state index in [0.717, 1.165) is 38.5 Å². The molecule has 1 fully saturated rings. The van der Waals surface area contributed by atoms with Crippen LogP contribution in [0.2, 0.25) is 0 Å². The van der Waals surface area contributed by atoms with Gasteiger partial charge in [-0.15, -0.1) is 0 Å². The average molecular weight is 1060 g/mol. The lowest BCUT2D eigenvalue weighted by atomic mass is 9.99. The Kier molecular flexibility index (Phi) is 47.8. The van der Waals surface area contributed by atoms with Crippen LogP contribution < -0.4 is 5.32 Å². The van der Waals surface area contributed by atoms with Crippen molar-refractivity contribution in [2.24, 2.45) is 0 Å². The van der Waals surface area contributed by atoms with Gasteiger partial charge in [-0.2, -0.15) is 8.42 Å². The van der Waals surface area contributed by atoms with Crippen LogP contribution in [-0.4, -0.2) is 95.4 Å². The first-order valence-electron chi connectivity index (χ1n) is 30.7. The first kappa shape index (κ1) is 69.6. The Hall–Kier alpha value is -1.42. The molecule has 0 radical (unpaired) electrons. The normalized spacial score (nSPS) is 19.4. The highest BCUT2D eigenvalue weighted by molar-refractivity contribution is 7.80. The van der Waals surface area contributed by atoms with E-state index in [1.165, 1.54) is 231 Å². The molecule has 0 aromatic rings. The maximum Gasteiger partial charge on any atom is 0.397 e. The van der Waals surface area contributed by atoms with Crippen molar-refractivity contribution in [1.82, 2.24) is 5.32 Å². The second-order valence-corrected chi connectivity index (χ2v) is 22.7. The maximum absolute atomic E-state index is 13.1. The monoisotopic (exact) mass is 1060 g/mol. The van der Waals surface area contributed by atoms with Crippen LogP contribution in [0, 0.1) is 0 Å². The van der Waals surface area contributed by atoms with Crippen LogP contribution >= 0.6 is 0 Å².